The third kappa shape index (κ3) is 4.43. The molecule has 1 aliphatic heterocycles. The van der Waals surface area contributed by atoms with E-state index in [1.807, 2.05) is 4.90 Å². The van der Waals surface area contributed by atoms with Crippen LogP contribution in [0.4, 0.5) is 10.2 Å². The number of guanidine groups is 1. The molecule has 2 aliphatic rings. The highest BCUT2D eigenvalue weighted by Gasteiger charge is 2.37. The van der Waals surface area contributed by atoms with Crippen LogP contribution in [0.3, 0.4) is 0 Å². The maximum Gasteiger partial charge on any atom is 0.191 e. The van der Waals surface area contributed by atoms with Crippen LogP contribution in [0.25, 0.3) is 0 Å². The largest absolute Gasteiger partial charge is 0.357 e. The first-order chi connectivity index (χ1) is 13.7. The highest BCUT2D eigenvalue weighted by molar-refractivity contribution is 5.80. The van der Waals surface area contributed by atoms with Crippen molar-refractivity contribution in [3.05, 3.63) is 60.0 Å². The van der Waals surface area contributed by atoms with E-state index in [0.717, 1.165) is 38.6 Å². The number of aliphatic imine (C=N–C) groups is 1. The van der Waals surface area contributed by atoms with E-state index in [9.17, 15) is 4.39 Å². The molecule has 28 heavy (non-hydrogen) atoms. The van der Waals surface area contributed by atoms with Gasteiger partial charge in [-0.25, -0.2) is 9.37 Å². The van der Waals surface area contributed by atoms with Gasteiger partial charge in [0.1, 0.15) is 0 Å². The first-order valence-corrected chi connectivity index (χ1v) is 10.2. The minimum absolute atomic E-state index is 0.239. The van der Waals surface area contributed by atoms with Crippen LogP contribution >= 0.6 is 0 Å². The second-order valence-electron chi connectivity index (χ2n) is 7.62. The predicted molar refractivity (Wildman–Crippen MR) is 111 cm³/mol. The zero-order valence-corrected chi connectivity index (χ0v) is 16.3. The van der Waals surface area contributed by atoms with Crippen molar-refractivity contribution >= 4 is 11.8 Å². The number of nitrogens with one attached hydrogen (secondary N) is 2. The molecular weight excluding hydrogens is 353 g/mol. The predicted octanol–water partition coefficient (Wildman–Crippen LogP) is 3.16. The van der Waals surface area contributed by atoms with Crippen LogP contribution in [0, 0.1) is 11.7 Å². The van der Waals surface area contributed by atoms with Crippen molar-refractivity contribution in [2.24, 2.45) is 10.9 Å². The minimum Gasteiger partial charge on any atom is -0.357 e. The van der Waals surface area contributed by atoms with Crippen LogP contribution < -0.4 is 15.5 Å². The van der Waals surface area contributed by atoms with Crippen LogP contribution in [0.5, 0.6) is 0 Å². The molecule has 1 aromatic heterocycles. The van der Waals surface area contributed by atoms with Gasteiger partial charge in [-0.3, -0.25) is 4.99 Å². The molecule has 4 rings (SSSR count). The maximum absolute atomic E-state index is 14.0. The Morgan fingerprint density at radius 1 is 1.25 bits per heavy atom. The van der Waals surface area contributed by atoms with E-state index in [-0.39, 0.29) is 11.9 Å². The Hall–Kier alpha value is -2.63. The summed E-state index contributed by atoms with van der Waals surface area (Å²) in [6, 6.07) is 14.0. The second-order valence-corrected chi connectivity index (χ2v) is 7.62. The SMILES string of the molecule is CCNC(=NCC1CC1c1ccccc1)NC1CCN(c2ncccc2F)C1. The molecule has 1 saturated heterocycles. The van der Waals surface area contributed by atoms with Crippen LogP contribution in [-0.4, -0.2) is 43.2 Å². The van der Waals surface area contributed by atoms with Crippen molar-refractivity contribution < 1.29 is 4.39 Å². The summed E-state index contributed by atoms with van der Waals surface area (Å²) < 4.78 is 14.0. The molecule has 3 atom stereocenters. The van der Waals surface area contributed by atoms with Gasteiger partial charge in [0, 0.05) is 38.4 Å². The number of nitrogens with zero attached hydrogens (tertiary/aromatic N) is 3. The molecule has 2 fully saturated rings. The van der Waals surface area contributed by atoms with E-state index in [2.05, 4.69) is 52.9 Å². The Labute approximate surface area is 166 Å². The first-order valence-electron chi connectivity index (χ1n) is 10.2. The van der Waals surface area contributed by atoms with Crippen molar-refractivity contribution in [1.29, 1.82) is 0 Å². The summed E-state index contributed by atoms with van der Waals surface area (Å²) in [6.07, 6.45) is 3.79. The zero-order chi connectivity index (χ0) is 19.3. The van der Waals surface area contributed by atoms with E-state index >= 15 is 0 Å². The molecule has 1 aliphatic carbocycles. The molecule has 2 aromatic rings. The van der Waals surface area contributed by atoms with Gasteiger partial charge in [0.05, 0.1) is 0 Å². The van der Waals surface area contributed by atoms with Crippen LogP contribution in [0.15, 0.2) is 53.7 Å². The molecule has 0 amide bonds. The molecule has 148 valence electrons. The van der Waals surface area contributed by atoms with E-state index < -0.39 is 0 Å². The summed E-state index contributed by atoms with van der Waals surface area (Å²) in [4.78, 5) is 11.0. The third-order valence-corrected chi connectivity index (χ3v) is 5.55. The van der Waals surface area contributed by atoms with E-state index in [1.165, 1.54) is 18.1 Å². The summed E-state index contributed by atoms with van der Waals surface area (Å²) in [5, 5.41) is 6.86. The monoisotopic (exact) mass is 381 g/mol. The van der Waals surface area contributed by atoms with Gasteiger partial charge in [0.25, 0.3) is 0 Å². The topological polar surface area (TPSA) is 52.6 Å². The van der Waals surface area contributed by atoms with E-state index in [4.69, 9.17) is 4.99 Å². The summed E-state index contributed by atoms with van der Waals surface area (Å²) in [5.41, 5.74) is 1.42. The molecule has 1 aromatic carbocycles. The van der Waals surface area contributed by atoms with Crippen molar-refractivity contribution in [1.82, 2.24) is 15.6 Å². The van der Waals surface area contributed by atoms with Crippen LogP contribution in [0.1, 0.15) is 31.2 Å². The van der Waals surface area contributed by atoms with Crippen LogP contribution in [0.2, 0.25) is 0 Å². The molecular formula is C22H28FN5. The van der Waals surface area contributed by atoms with E-state index in [0.29, 0.717) is 17.7 Å². The molecule has 3 unspecified atom stereocenters. The Balaban J connectivity index is 1.32. The third-order valence-electron chi connectivity index (χ3n) is 5.55. The summed E-state index contributed by atoms with van der Waals surface area (Å²) in [7, 11) is 0. The molecule has 0 bridgehead atoms. The van der Waals surface area contributed by atoms with Gasteiger partial charge in [-0.15, -0.1) is 0 Å². The first kappa shape index (κ1) is 18.7. The number of halogens is 1. The summed E-state index contributed by atoms with van der Waals surface area (Å²) in [6.45, 7) is 5.26. The Morgan fingerprint density at radius 3 is 2.89 bits per heavy atom. The number of anilines is 1. The molecule has 0 spiro atoms. The number of aromatic nitrogens is 1. The highest BCUT2D eigenvalue weighted by atomic mass is 19.1. The van der Waals surface area contributed by atoms with Gasteiger partial charge in [-0.1, -0.05) is 30.3 Å². The molecule has 2 N–H and O–H groups in total. The standard InChI is InChI=1S/C22H28FN5/c1-2-24-22(26-14-17-13-19(17)16-7-4-3-5-8-16)27-18-10-12-28(15-18)21-20(23)9-6-11-25-21/h3-9,11,17-19H,2,10,12-15H2,1H3,(H2,24,26,27). The number of pyridine rings is 1. The average molecular weight is 381 g/mol. The lowest BCUT2D eigenvalue weighted by atomic mass is 10.1. The van der Waals surface area contributed by atoms with Gasteiger partial charge in [0.15, 0.2) is 17.6 Å². The Bertz CT molecular complexity index is 810. The highest BCUT2D eigenvalue weighted by Crippen LogP contribution is 2.47. The summed E-state index contributed by atoms with van der Waals surface area (Å²) in [5.74, 6) is 2.30. The van der Waals surface area contributed by atoms with E-state index in [1.54, 1.807) is 12.3 Å². The lowest BCUT2D eigenvalue weighted by molar-refractivity contribution is 0.612. The van der Waals surface area contributed by atoms with Crippen molar-refractivity contribution in [3.63, 3.8) is 0 Å². The van der Waals surface area contributed by atoms with Crippen molar-refractivity contribution in [2.75, 3.05) is 31.1 Å². The fraction of sp³-hybridized carbons (Fsp3) is 0.455. The molecule has 6 heteroatoms. The van der Waals surface area contributed by atoms with Crippen molar-refractivity contribution in [2.45, 2.75) is 31.7 Å². The lowest BCUT2D eigenvalue weighted by Gasteiger charge is -2.20. The Morgan fingerprint density at radius 2 is 2.11 bits per heavy atom. The maximum atomic E-state index is 14.0. The lowest BCUT2D eigenvalue weighted by Crippen LogP contribution is -2.44. The zero-order valence-electron chi connectivity index (χ0n) is 16.3. The fourth-order valence-electron chi connectivity index (χ4n) is 3.96. The molecule has 1 saturated carbocycles. The van der Waals surface area contributed by atoms with Gasteiger partial charge in [-0.05, 0) is 49.3 Å². The number of hydrogen-bond donors (Lipinski definition) is 2. The van der Waals surface area contributed by atoms with Gasteiger partial charge in [-0.2, -0.15) is 0 Å². The molecule has 5 nitrogen and oxygen atoms in total. The number of rotatable bonds is 6. The van der Waals surface area contributed by atoms with Gasteiger partial charge in [0.2, 0.25) is 0 Å². The smallest absolute Gasteiger partial charge is 0.191 e. The molecule has 0 radical (unpaired) electrons. The Kier molecular flexibility index (Phi) is 5.74. The summed E-state index contributed by atoms with van der Waals surface area (Å²) >= 11 is 0. The van der Waals surface area contributed by atoms with Crippen LogP contribution in [-0.2, 0) is 0 Å². The number of benzene rings is 1. The van der Waals surface area contributed by atoms with Gasteiger partial charge < -0.3 is 15.5 Å². The fourth-order valence-corrected chi connectivity index (χ4v) is 3.96. The van der Waals surface area contributed by atoms with Gasteiger partial charge >= 0.3 is 0 Å². The number of hydrogen-bond acceptors (Lipinski definition) is 3. The second kappa shape index (κ2) is 8.59. The minimum atomic E-state index is -0.260. The van der Waals surface area contributed by atoms with Crippen molar-refractivity contribution in [3.8, 4) is 0 Å². The molecule has 2 heterocycles. The quantitative estimate of drug-likeness (QED) is 0.596. The normalized spacial score (nSPS) is 24.3. The average Bonchev–Trinajstić information content (AvgIpc) is 3.36.